The molecule has 0 radical (unpaired) electrons. The molecule has 0 aromatic rings. The van der Waals surface area contributed by atoms with Gasteiger partial charge in [-0.3, -0.25) is 9.59 Å². The highest BCUT2D eigenvalue weighted by atomic mass is 16.4. The SMILES string of the molecule is NC(=O)CCCC/C=C\C/C=C\CCCCCCCC(=O)O. The van der Waals surface area contributed by atoms with Gasteiger partial charge in [0.05, 0.1) is 0 Å². The number of carboxylic acid groups (broad SMARTS) is 1. The van der Waals surface area contributed by atoms with E-state index in [1.807, 2.05) is 0 Å². The average molecular weight is 309 g/mol. The maximum Gasteiger partial charge on any atom is 0.303 e. The van der Waals surface area contributed by atoms with Gasteiger partial charge in [-0.15, -0.1) is 0 Å². The molecular formula is C18H31NO3. The van der Waals surface area contributed by atoms with Gasteiger partial charge in [-0.25, -0.2) is 0 Å². The van der Waals surface area contributed by atoms with Crippen molar-refractivity contribution < 1.29 is 14.7 Å². The van der Waals surface area contributed by atoms with E-state index < -0.39 is 5.97 Å². The number of aliphatic carboxylic acids is 1. The quantitative estimate of drug-likeness (QED) is 0.348. The lowest BCUT2D eigenvalue weighted by atomic mass is 10.1. The highest BCUT2D eigenvalue weighted by Gasteiger charge is 1.95. The maximum atomic E-state index is 10.5. The molecule has 0 saturated heterocycles. The summed E-state index contributed by atoms with van der Waals surface area (Å²) in [7, 11) is 0. The fraction of sp³-hybridized carbons (Fsp3) is 0.667. The molecule has 0 fully saturated rings. The molecule has 0 aliphatic rings. The van der Waals surface area contributed by atoms with E-state index in [-0.39, 0.29) is 5.91 Å². The molecule has 0 saturated carbocycles. The molecule has 0 unspecified atom stereocenters. The Bertz CT molecular complexity index is 348. The number of hydrogen-bond donors (Lipinski definition) is 2. The van der Waals surface area contributed by atoms with E-state index in [0.717, 1.165) is 51.4 Å². The largest absolute Gasteiger partial charge is 0.481 e. The summed E-state index contributed by atoms with van der Waals surface area (Å²) in [6, 6.07) is 0. The zero-order chi connectivity index (χ0) is 16.5. The number of carbonyl (C=O) groups is 2. The van der Waals surface area contributed by atoms with Gasteiger partial charge >= 0.3 is 5.97 Å². The smallest absolute Gasteiger partial charge is 0.303 e. The van der Waals surface area contributed by atoms with E-state index in [1.54, 1.807) is 0 Å². The number of carboxylic acids is 1. The zero-order valence-corrected chi connectivity index (χ0v) is 13.6. The number of rotatable bonds is 15. The van der Waals surface area contributed by atoms with Crippen LogP contribution in [0, 0.1) is 0 Å². The molecule has 0 atom stereocenters. The first kappa shape index (κ1) is 20.4. The van der Waals surface area contributed by atoms with Crippen LogP contribution in [0.1, 0.15) is 77.0 Å². The summed E-state index contributed by atoms with van der Waals surface area (Å²) in [5.41, 5.74) is 5.07. The minimum Gasteiger partial charge on any atom is -0.481 e. The van der Waals surface area contributed by atoms with Crippen LogP contribution in [0.2, 0.25) is 0 Å². The van der Waals surface area contributed by atoms with Crippen LogP contribution in [0.15, 0.2) is 24.3 Å². The Hall–Kier alpha value is -1.58. The molecule has 0 aliphatic heterocycles. The van der Waals surface area contributed by atoms with E-state index >= 15 is 0 Å². The summed E-state index contributed by atoms with van der Waals surface area (Å²) in [4.78, 5) is 20.9. The van der Waals surface area contributed by atoms with Crippen LogP contribution < -0.4 is 5.73 Å². The fourth-order valence-electron chi connectivity index (χ4n) is 2.14. The van der Waals surface area contributed by atoms with Gasteiger partial charge < -0.3 is 10.8 Å². The zero-order valence-electron chi connectivity index (χ0n) is 13.6. The molecule has 1 amide bonds. The van der Waals surface area contributed by atoms with Crippen molar-refractivity contribution in [1.29, 1.82) is 0 Å². The van der Waals surface area contributed by atoms with Gasteiger partial charge in [-0.05, 0) is 44.9 Å². The molecule has 0 spiro atoms. The lowest BCUT2D eigenvalue weighted by Gasteiger charge is -1.98. The summed E-state index contributed by atoms with van der Waals surface area (Å²) in [6.45, 7) is 0. The standard InChI is InChI=1S/C18H31NO3/c19-17(20)15-13-11-9-7-5-3-1-2-4-6-8-10-12-14-16-18(21)22/h1-2,5,7H,3-4,6,8-16H2,(H2,19,20)(H,21,22)/b2-1-,7-5-. The second-order valence-corrected chi connectivity index (χ2v) is 5.59. The molecule has 3 N–H and O–H groups in total. The molecule has 126 valence electrons. The van der Waals surface area contributed by atoms with Crippen molar-refractivity contribution in [3.63, 3.8) is 0 Å². The van der Waals surface area contributed by atoms with E-state index in [9.17, 15) is 9.59 Å². The summed E-state index contributed by atoms with van der Waals surface area (Å²) in [5.74, 6) is -0.905. The Balaban J connectivity index is 3.23. The average Bonchev–Trinajstić information content (AvgIpc) is 2.46. The number of allylic oxidation sites excluding steroid dienone is 4. The van der Waals surface area contributed by atoms with Gasteiger partial charge in [0.1, 0.15) is 0 Å². The predicted octanol–water partition coefficient (Wildman–Crippen LogP) is 4.35. The van der Waals surface area contributed by atoms with Crippen molar-refractivity contribution in [1.82, 2.24) is 0 Å². The lowest BCUT2D eigenvalue weighted by molar-refractivity contribution is -0.137. The van der Waals surface area contributed by atoms with Crippen molar-refractivity contribution in [2.24, 2.45) is 5.73 Å². The van der Waals surface area contributed by atoms with E-state index in [4.69, 9.17) is 10.8 Å². The highest BCUT2D eigenvalue weighted by Crippen LogP contribution is 2.08. The van der Waals surface area contributed by atoms with Gasteiger partial charge in [-0.2, -0.15) is 0 Å². The first-order valence-electron chi connectivity index (χ1n) is 8.43. The number of carbonyl (C=O) groups excluding carboxylic acids is 1. The second-order valence-electron chi connectivity index (χ2n) is 5.59. The lowest BCUT2D eigenvalue weighted by Crippen LogP contribution is -2.09. The Morgan fingerprint density at radius 1 is 0.727 bits per heavy atom. The number of amides is 1. The van der Waals surface area contributed by atoms with Gasteiger partial charge in [0.25, 0.3) is 0 Å². The molecule has 4 nitrogen and oxygen atoms in total. The monoisotopic (exact) mass is 309 g/mol. The first-order chi connectivity index (χ1) is 10.6. The van der Waals surface area contributed by atoms with Crippen LogP contribution in [-0.2, 0) is 9.59 Å². The summed E-state index contributed by atoms with van der Waals surface area (Å²) >= 11 is 0. The van der Waals surface area contributed by atoms with E-state index in [1.165, 1.54) is 12.8 Å². The van der Waals surface area contributed by atoms with Crippen molar-refractivity contribution in [3.05, 3.63) is 24.3 Å². The third-order valence-corrected chi connectivity index (χ3v) is 3.41. The number of primary amides is 1. The summed E-state index contributed by atoms with van der Waals surface area (Å²) in [6.07, 6.45) is 19.8. The fourth-order valence-corrected chi connectivity index (χ4v) is 2.14. The minimum atomic E-state index is -0.691. The van der Waals surface area contributed by atoms with Crippen LogP contribution in [-0.4, -0.2) is 17.0 Å². The van der Waals surface area contributed by atoms with Gasteiger partial charge in [-0.1, -0.05) is 43.6 Å². The molecule has 0 rings (SSSR count). The predicted molar refractivity (Wildman–Crippen MR) is 90.5 cm³/mol. The van der Waals surface area contributed by atoms with Gasteiger partial charge in [0.15, 0.2) is 0 Å². The number of nitrogens with two attached hydrogens (primary N) is 1. The maximum absolute atomic E-state index is 10.5. The Labute approximate surface area is 134 Å². The van der Waals surface area contributed by atoms with Crippen LogP contribution in [0.25, 0.3) is 0 Å². The molecule has 0 aromatic carbocycles. The highest BCUT2D eigenvalue weighted by molar-refractivity contribution is 5.73. The Morgan fingerprint density at radius 2 is 1.23 bits per heavy atom. The summed E-state index contributed by atoms with van der Waals surface area (Å²) < 4.78 is 0. The van der Waals surface area contributed by atoms with E-state index in [0.29, 0.717) is 12.8 Å². The normalized spacial score (nSPS) is 11.5. The molecule has 0 heterocycles. The molecule has 4 heteroatoms. The molecular weight excluding hydrogens is 278 g/mol. The molecule has 0 aliphatic carbocycles. The topological polar surface area (TPSA) is 80.4 Å². The third-order valence-electron chi connectivity index (χ3n) is 3.41. The minimum absolute atomic E-state index is 0.214. The molecule has 0 aromatic heterocycles. The summed E-state index contributed by atoms with van der Waals surface area (Å²) in [5, 5.41) is 8.51. The number of hydrogen-bond acceptors (Lipinski definition) is 2. The molecule has 22 heavy (non-hydrogen) atoms. The van der Waals surface area contributed by atoms with Crippen LogP contribution in [0.3, 0.4) is 0 Å². The van der Waals surface area contributed by atoms with E-state index in [2.05, 4.69) is 24.3 Å². The van der Waals surface area contributed by atoms with Crippen molar-refractivity contribution >= 4 is 11.9 Å². The molecule has 0 bridgehead atoms. The third kappa shape index (κ3) is 18.4. The van der Waals surface area contributed by atoms with Crippen LogP contribution in [0.4, 0.5) is 0 Å². The van der Waals surface area contributed by atoms with Gasteiger partial charge in [0, 0.05) is 12.8 Å². The first-order valence-corrected chi connectivity index (χ1v) is 8.43. The van der Waals surface area contributed by atoms with Gasteiger partial charge in [0.2, 0.25) is 5.91 Å². The van der Waals surface area contributed by atoms with Crippen molar-refractivity contribution in [3.8, 4) is 0 Å². The number of unbranched alkanes of at least 4 members (excludes halogenated alkanes) is 7. The second kappa shape index (κ2) is 15.8. The van der Waals surface area contributed by atoms with Crippen molar-refractivity contribution in [2.45, 2.75) is 77.0 Å². The van der Waals surface area contributed by atoms with Crippen molar-refractivity contribution in [2.75, 3.05) is 0 Å². The van der Waals surface area contributed by atoms with Crippen LogP contribution >= 0.6 is 0 Å². The Morgan fingerprint density at radius 3 is 1.82 bits per heavy atom. The van der Waals surface area contributed by atoms with Crippen LogP contribution in [0.5, 0.6) is 0 Å². The Kier molecular flexibility index (Phi) is 14.7.